The lowest BCUT2D eigenvalue weighted by molar-refractivity contribution is 0.269. The second-order valence-corrected chi connectivity index (χ2v) is 5.60. The molecule has 0 aliphatic heterocycles. The monoisotopic (exact) mass is 295 g/mol. The molecule has 110 valence electrons. The maximum absolute atomic E-state index is 12.0. The van der Waals surface area contributed by atoms with Crippen LogP contribution in [0.3, 0.4) is 0 Å². The topological polar surface area (TPSA) is 76.7 Å². The lowest BCUT2D eigenvalue weighted by atomic mass is 10.0. The number of amidine groups is 1. The fourth-order valence-corrected chi connectivity index (χ4v) is 2.23. The molecule has 1 aromatic carbocycles. The van der Waals surface area contributed by atoms with Gasteiger partial charge in [0.2, 0.25) is 0 Å². The highest BCUT2D eigenvalue weighted by Gasteiger charge is 2.05. The summed E-state index contributed by atoms with van der Waals surface area (Å²) >= 11 is 0. The summed E-state index contributed by atoms with van der Waals surface area (Å²) in [5, 5.41) is 2.79. The molecule has 0 amide bonds. The Labute approximate surface area is 122 Å². The third-order valence-corrected chi connectivity index (χ3v) is 3.73. The summed E-state index contributed by atoms with van der Waals surface area (Å²) in [5.74, 6) is 1.04. The first-order valence-corrected chi connectivity index (χ1v) is 7.38. The molecule has 0 radical (unpaired) electrons. The van der Waals surface area contributed by atoms with E-state index in [9.17, 15) is 4.21 Å². The van der Waals surface area contributed by atoms with Gasteiger partial charge in [-0.15, -0.1) is 0 Å². The minimum absolute atomic E-state index is 0.141. The Morgan fingerprint density at radius 2 is 2.00 bits per heavy atom. The van der Waals surface area contributed by atoms with Crippen LogP contribution in [0, 0.1) is 0 Å². The van der Waals surface area contributed by atoms with Crippen molar-refractivity contribution in [3.05, 3.63) is 41.8 Å². The van der Waals surface area contributed by atoms with Gasteiger partial charge in [0.15, 0.2) is 16.9 Å². The first-order chi connectivity index (χ1) is 9.47. The van der Waals surface area contributed by atoms with Crippen molar-refractivity contribution < 1.29 is 8.95 Å². The largest absolute Gasteiger partial charge is 0.482 e. The number of nitrogens with zero attached hydrogens (tertiary/aromatic N) is 1. The number of hydrogen-bond donors (Lipinski definition) is 2. The molecule has 1 atom stereocenters. The van der Waals surface area contributed by atoms with E-state index in [0.717, 1.165) is 0 Å². The number of rotatable bonds is 6. The standard InChI is InChI=1S/C14H21N3O2S/c1-10(2)11-5-7-12(8-6-11)20(18)17-13(15)9-14(16-3)19-4/h5-10,16H,1-4H3,(H2,15,17)/b14-9+. The second-order valence-electron chi connectivity index (χ2n) is 4.45. The second kappa shape index (κ2) is 7.69. The Balaban J connectivity index is 2.87. The van der Waals surface area contributed by atoms with Gasteiger partial charge in [0, 0.05) is 13.1 Å². The van der Waals surface area contributed by atoms with Gasteiger partial charge in [0.25, 0.3) is 0 Å². The predicted octanol–water partition coefficient (Wildman–Crippen LogP) is 1.90. The van der Waals surface area contributed by atoms with Crippen molar-refractivity contribution >= 4 is 16.8 Å². The van der Waals surface area contributed by atoms with Crippen molar-refractivity contribution in [1.82, 2.24) is 5.32 Å². The molecule has 0 fully saturated rings. The molecule has 5 nitrogen and oxygen atoms in total. The van der Waals surface area contributed by atoms with Crippen LogP contribution in [0.1, 0.15) is 25.3 Å². The van der Waals surface area contributed by atoms with Gasteiger partial charge < -0.3 is 15.8 Å². The Kier molecular flexibility index (Phi) is 6.24. The van der Waals surface area contributed by atoms with E-state index in [0.29, 0.717) is 16.7 Å². The van der Waals surface area contributed by atoms with Gasteiger partial charge in [-0.05, 0) is 23.6 Å². The van der Waals surface area contributed by atoms with Gasteiger partial charge in [0.1, 0.15) is 5.84 Å². The molecule has 1 aromatic rings. The van der Waals surface area contributed by atoms with Crippen molar-refractivity contribution in [2.24, 2.45) is 10.1 Å². The molecular weight excluding hydrogens is 274 g/mol. The van der Waals surface area contributed by atoms with Crippen LogP contribution in [-0.4, -0.2) is 24.2 Å². The van der Waals surface area contributed by atoms with Crippen LogP contribution in [0.25, 0.3) is 0 Å². The van der Waals surface area contributed by atoms with E-state index in [4.69, 9.17) is 10.5 Å². The predicted molar refractivity (Wildman–Crippen MR) is 82.7 cm³/mol. The summed E-state index contributed by atoms with van der Waals surface area (Å²) in [6, 6.07) is 7.52. The molecular formula is C14H21N3O2S. The van der Waals surface area contributed by atoms with Crippen molar-refractivity contribution in [3.63, 3.8) is 0 Å². The quantitative estimate of drug-likeness (QED) is 0.477. The number of nitrogens with two attached hydrogens (primary N) is 1. The van der Waals surface area contributed by atoms with Crippen LogP contribution in [0.2, 0.25) is 0 Å². The van der Waals surface area contributed by atoms with Gasteiger partial charge in [-0.3, -0.25) is 0 Å². The molecule has 0 bridgehead atoms. The van der Waals surface area contributed by atoms with Crippen LogP contribution in [0.15, 0.2) is 45.5 Å². The highest BCUT2D eigenvalue weighted by molar-refractivity contribution is 7.83. The van der Waals surface area contributed by atoms with E-state index in [-0.39, 0.29) is 5.84 Å². The van der Waals surface area contributed by atoms with E-state index in [1.54, 1.807) is 19.2 Å². The number of benzene rings is 1. The molecule has 6 heteroatoms. The van der Waals surface area contributed by atoms with Gasteiger partial charge in [0.05, 0.1) is 12.0 Å². The van der Waals surface area contributed by atoms with Crippen LogP contribution in [0.4, 0.5) is 0 Å². The molecule has 0 aliphatic carbocycles. The van der Waals surface area contributed by atoms with Crippen molar-refractivity contribution in [3.8, 4) is 0 Å². The third kappa shape index (κ3) is 4.70. The summed E-state index contributed by atoms with van der Waals surface area (Å²) in [4.78, 5) is 0.620. The van der Waals surface area contributed by atoms with E-state index < -0.39 is 11.0 Å². The summed E-state index contributed by atoms with van der Waals surface area (Å²) in [6.07, 6.45) is 1.49. The smallest absolute Gasteiger partial charge is 0.189 e. The van der Waals surface area contributed by atoms with E-state index >= 15 is 0 Å². The van der Waals surface area contributed by atoms with Crippen LogP contribution < -0.4 is 11.1 Å². The number of hydrogen-bond acceptors (Lipinski definition) is 3. The van der Waals surface area contributed by atoms with Gasteiger partial charge >= 0.3 is 0 Å². The number of ether oxygens (including phenoxy) is 1. The molecule has 0 aliphatic rings. The zero-order valence-corrected chi connectivity index (χ0v) is 13.0. The van der Waals surface area contributed by atoms with Gasteiger partial charge in [-0.1, -0.05) is 26.0 Å². The molecule has 1 rings (SSSR count). The lowest BCUT2D eigenvalue weighted by Gasteiger charge is -2.06. The SMILES string of the molecule is CN/C(=C\C(N)=N/S(=O)c1ccc(C(C)C)cc1)OC. The number of methoxy groups -OCH3 is 1. The minimum Gasteiger partial charge on any atom is -0.482 e. The summed E-state index contributed by atoms with van der Waals surface area (Å²) in [7, 11) is 1.69. The Hall–Kier alpha value is -1.82. The third-order valence-electron chi connectivity index (χ3n) is 2.68. The fraction of sp³-hybridized carbons (Fsp3) is 0.357. The number of nitrogens with one attached hydrogen (secondary N) is 1. The fourth-order valence-electron chi connectivity index (χ4n) is 1.51. The minimum atomic E-state index is -1.52. The molecule has 1 unspecified atom stereocenters. The highest BCUT2D eigenvalue weighted by atomic mass is 32.2. The molecule has 0 heterocycles. The average molecular weight is 295 g/mol. The average Bonchev–Trinajstić information content (AvgIpc) is 2.44. The maximum atomic E-state index is 12.0. The van der Waals surface area contributed by atoms with E-state index in [1.807, 2.05) is 12.1 Å². The van der Waals surface area contributed by atoms with E-state index in [1.165, 1.54) is 18.7 Å². The summed E-state index contributed by atoms with van der Waals surface area (Å²) in [5.41, 5.74) is 6.90. The van der Waals surface area contributed by atoms with Gasteiger partial charge in [-0.25, -0.2) is 4.21 Å². The van der Waals surface area contributed by atoms with Crippen LogP contribution >= 0.6 is 0 Å². The molecule has 20 heavy (non-hydrogen) atoms. The lowest BCUT2D eigenvalue weighted by Crippen LogP contribution is -2.15. The Bertz CT molecular complexity index is 516. The summed E-state index contributed by atoms with van der Waals surface area (Å²) in [6.45, 7) is 4.22. The molecule has 0 saturated carbocycles. The Morgan fingerprint density at radius 3 is 2.45 bits per heavy atom. The van der Waals surface area contributed by atoms with Gasteiger partial charge in [-0.2, -0.15) is 4.40 Å². The van der Waals surface area contributed by atoms with E-state index in [2.05, 4.69) is 23.6 Å². The molecule has 0 spiro atoms. The zero-order valence-electron chi connectivity index (χ0n) is 12.2. The zero-order chi connectivity index (χ0) is 15.1. The summed E-state index contributed by atoms with van der Waals surface area (Å²) < 4.78 is 21.0. The molecule has 3 N–H and O–H groups in total. The van der Waals surface area contributed by atoms with Crippen LogP contribution in [-0.2, 0) is 15.7 Å². The van der Waals surface area contributed by atoms with Crippen molar-refractivity contribution in [2.75, 3.05) is 14.2 Å². The molecule has 0 aromatic heterocycles. The van der Waals surface area contributed by atoms with Crippen molar-refractivity contribution in [2.45, 2.75) is 24.7 Å². The molecule has 0 saturated heterocycles. The first-order valence-electron chi connectivity index (χ1n) is 6.27. The normalized spacial score (nSPS) is 14.2. The highest BCUT2D eigenvalue weighted by Crippen LogP contribution is 2.16. The van der Waals surface area contributed by atoms with Crippen molar-refractivity contribution in [1.29, 1.82) is 0 Å². The maximum Gasteiger partial charge on any atom is 0.189 e. The Morgan fingerprint density at radius 1 is 1.40 bits per heavy atom. The first kappa shape index (κ1) is 16.2. The van der Waals surface area contributed by atoms with Crippen LogP contribution in [0.5, 0.6) is 0 Å².